The minimum atomic E-state index is 0. The minimum Gasteiger partial charge on any atom is -1.00 e. The van der Waals surface area contributed by atoms with Gasteiger partial charge in [0.1, 0.15) is 0 Å². The summed E-state index contributed by atoms with van der Waals surface area (Å²) in [6.45, 7) is 0.448. The van der Waals surface area contributed by atoms with Crippen molar-refractivity contribution in [1.29, 1.82) is 0 Å². The van der Waals surface area contributed by atoms with Crippen LogP contribution in [0.2, 0.25) is 0 Å². The maximum atomic E-state index is 9.19. The second-order valence-corrected chi connectivity index (χ2v) is 5.61. The highest BCUT2D eigenvalue weighted by Crippen LogP contribution is 2.07. The van der Waals surface area contributed by atoms with Crippen LogP contribution in [0.5, 0.6) is 0 Å². The van der Waals surface area contributed by atoms with Crippen molar-refractivity contribution < 1.29 is 26.7 Å². The molecule has 0 amide bonds. The molecule has 9 heteroatoms. The van der Waals surface area contributed by atoms with E-state index >= 15 is 0 Å². The lowest BCUT2D eigenvalue weighted by Gasteiger charge is -2.03. The van der Waals surface area contributed by atoms with E-state index in [0.29, 0.717) is 23.7 Å². The van der Waals surface area contributed by atoms with Gasteiger partial charge in [0.25, 0.3) is 0 Å². The van der Waals surface area contributed by atoms with E-state index in [1.54, 1.807) is 24.5 Å². The molecule has 3 heterocycles. The zero-order valence-corrected chi connectivity index (χ0v) is 16.9. The molecule has 0 spiro atoms. The molecular weight excluding hydrogens is 422 g/mol. The quantitative estimate of drug-likeness (QED) is 0.176. The number of pyridine rings is 3. The van der Waals surface area contributed by atoms with Crippen LogP contribution in [0.15, 0.2) is 93.7 Å². The zero-order valence-electron chi connectivity index (χ0n) is 15.3. The number of aryl methyl sites for hydroxylation is 1. The van der Waals surface area contributed by atoms with Gasteiger partial charge in [-0.05, 0) is 35.4 Å². The number of azo groups is 1. The monoisotopic (exact) mass is 441 g/mol. The van der Waals surface area contributed by atoms with Crippen LogP contribution < -0.4 is 27.0 Å². The summed E-state index contributed by atoms with van der Waals surface area (Å²) in [5.41, 5.74) is 1.36. The highest BCUT2D eigenvalue weighted by atomic mass is 79.9. The first-order chi connectivity index (χ1) is 13.3. The Balaban J connectivity index is 0.00000280. The zero-order chi connectivity index (χ0) is 18.9. The number of halogens is 1. The molecule has 3 rings (SSSR count). The third-order valence-corrected chi connectivity index (χ3v) is 3.72. The number of aliphatic hydroxyl groups excluding tert-OH is 1. The fraction of sp³-hybridized carbons (Fsp3) is 0.158. The third-order valence-electron chi connectivity index (χ3n) is 3.72. The SMILES string of the molecule is C[n+]1ccccc1N=NC(=NN=c1ccccn1CCO)c1ccncc1.[Br-]. The van der Waals surface area contributed by atoms with Crippen LogP contribution in [0.3, 0.4) is 0 Å². The molecule has 0 unspecified atom stereocenters. The van der Waals surface area contributed by atoms with E-state index in [2.05, 4.69) is 25.4 Å². The predicted octanol–water partition coefficient (Wildman–Crippen LogP) is -1.25. The van der Waals surface area contributed by atoms with Crippen LogP contribution in [0.25, 0.3) is 0 Å². The van der Waals surface area contributed by atoms with E-state index in [0.717, 1.165) is 5.56 Å². The summed E-state index contributed by atoms with van der Waals surface area (Å²) in [7, 11) is 1.89. The molecule has 0 radical (unpaired) electrons. The molecule has 0 saturated carbocycles. The number of hydrogen-bond donors (Lipinski definition) is 1. The second kappa shape index (κ2) is 11.0. The lowest BCUT2D eigenvalue weighted by Crippen LogP contribution is -3.00. The van der Waals surface area contributed by atoms with Crippen molar-refractivity contribution in [3.63, 3.8) is 0 Å². The van der Waals surface area contributed by atoms with E-state index in [1.165, 1.54) is 0 Å². The van der Waals surface area contributed by atoms with Crippen molar-refractivity contribution in [2.45, 2.75) is 6.54 Å². The number of aromatic nitrogens is 3. The van der Waals surface area contributed by atoms with Crippen molar-refractivity contribution in [2.75, 3.05) is 6.61 Å². The summed E-state index contributed by atoms with van der Waals surface area (Å²) in [4.78, 5) is 4.02. The molecule has 0 saturated heterocycles. The van der Waals surface area contributed by atoms with Gasteiger partial charge in [-0.25, -0.2) is 4.57 Å². The van der Waals surface area contributed by atoms with Gasteiger partial charge in [0.05, 0.1) is 25.0 Å². The first kappa shape index (κ1) is 21.3. The van der Waals surface area contributed by atoms with Gasteiger partial charge >= 0.3 is 5.82 Å². The Kier molecular flexibility index (Phi) is 8.32. The number of hydrogen-bond acceptors (Lipinski definition) is 5. The summed E-state index contributed by atoms with van der Waals surface area (Å²) in [5.74, 6) is 1.05. The largest absolute Gasteiger partial charge is 1.00 e. The van der Waals surface area contributed by atoms with Crippen molar-refractivity contribution in [3.05, 3.63) is 84.4 Å². The molecule has 0 bridgehead atoms. The van der Waals surface area contributed by atoms with E-state index < -0.39 is 0 Å². The molecule has 0 aromatic carbocycles. The number of amidine groups is 1. The van der Waals surface area contributed by atoms with Crippen LogP contribution in [0, 0.1) is 0 Å². The molecule has 0 aliphatic heterocycles. The van der Waals surface area contributed by atoms with Gasteiger partial charge in [0.15, 0.2) is 5.49 Å². The molecule has 0 fully saturated rings. The fourth-order valence-corrected chi connectivity index (χ4v) is 2.31. The fourth-order valence-electron chi connectivity index (χ4n) is 2.31. The van der Waals surface area contributed by atoms with E-state index in [4.69, 9.17) is 0 Å². The maximum absolute atomic E-state index is 9.19. The summed E-state index contributed by atoms with van der Waals surface area (Å²) in [5, 5.41) is 26.4. The van der Waals surface area contributed by atoms with Crippen LogP contribution in [0.1, 0.15) is 5.56 Å². The van der Waals surface area contributed by atoms with E-state index in [-0.39, 0.29) is 23.6 Å². The highest BCUT2D eigenvalue weighted by molar-refractivity contribution is 5.98. The summed E-state index contributed by atoms with van der Waals surface area (Å²) in [6.07, 6.45) is 7.06. The van der Waals surface area contributed by atoms with Gasteiger partial charge in [0.2, 0.25) is 5.84 Å². The van der Waals surface area contributed by atoms with E-state index in [1.807, 2.05) is 65.0 Å². The molecule has 28 heavy (non-hydrogen) atoms. The molecular formula is C19H20BrN7O. The van der Waals surface area contributed by atoms with Crippen molar-refractivity contribution in [1.82, 2.24) is 9.55 Å². The lowest BCUT2D eigenvalue weighted by atomic mass is 10.2. The molecule has 0 aliphatic rings. The van der Waals surface area contributed by atoms with Crippen molar-refractivity contribution in [2.24, 2.45) is 27.5 Å². The van der Waals surface area contributed by atoms with Crippen molar-refractivity contribution >= 4 is 11.7 Å². The first-order valence-corrected chi connectivity index (χ1v) is 8.43. The Bertz CT molecular complexity index is 1020. The van der Waals surface area contributed by atoms with Gasteiger partial charge in [0, 0.05) is 36.8 Å². The van der Waals surface area contributed by atoms with Gasteiger partial charge < -0.3 is 26.7 Å². The first-order valence-electron chi connectivity index (χ1n) is 8.43. The standard InChI is InChI=1S/C19H20N7O.BrH/c1-25-12-4-2-6-17(25)21-23-19(16-8-10-20-11-9-16)24-22-18-7-3-5-13-26(18)14-15-27;/h2-13,27H,14-15H2,1H3;1H/q+1;/p-1. The Morgan fingerprint density at radius 1 is 1.11 bits per heavy atom. The van der Waals surface area contributed by atoms with Gasteiger partial charge in [-0.15, -0.1) is 10.2 Å². The third kappa shape index (κ3) is 5.73. The van der Waals surface area contributed by atoms with Gasteiger partial charge in [-0.1, -0.05) is 12.1 Å². The Morgan fingerprint density at radius 3 is 2.64 bits per heavy atom. The van der Waals surface area contributed by atoms with Gasteiger partial charge in [-0.3, -0.25) is 4.98 Å². The summed E-state index contributed by atoms with van der Waals surface area (Å²) in [6, 6.07) is 14.8. The molecule has 3 aromatic heterocycles. The molecule has 0 aliphatic carbocycles. The summed E-state index contributed by atoms with van der Waals surface area (Å²) < 4.78 is 3.67. The molecule has 144 valence electrons. The summed E-state index contributed by atoms with van der Waals surface area (Å²) >= 11 is 0. The van der Waals surface area contributed by atoms with Crippen molar-refractivity contribution in [3.8, 4) is 0 Å². The Hall–Kier alpha value is -3.04. The molecule has 8 nitrogen and oxygen atoms in total. The molecule has 0 atom stereocenters. The highest BCUT2D eigenvalue weighted by Gasteiger charge is 2.08. The van der Waals surface area contributed by atoms with Crippen LogP contribution in [0.4, 0.5) is 5.82 Å². The van der Waals surface area contributed by atoms with Gasteiger partial charge in [-0.2, -0.15) is 0 Å². The molecule has 1 N–H and O–H groups in total. The number of nitrogens with zero attached hydrogens (tertiary/aromatic N) is 7. The minimum absolute atomic E-state index is 0. The molecule has 3 aromatic rings. The van der Waals surface area contributed by atoms with Crippen LogP contribution in [-0.4, -0.2) is 27.1 Å². The Morgan fingerprint density at radius 2 is 1.89 bits per heavy atom. The number of rotatable bonds is 5. The van der Waals surface area contributed by atoms with E-state index in [9.17, 15) is 5.11 Å². The second-order valence-electron chi connectivity index (χ2n) is 5.61. The smallest absolute Gasteiger partial charge is 0.350 e. The van der Waals surface area contributed by atoms with Crippen LogP contribution >= 0.6 is 0 Å². The Labute approximate surface area is 173 Å². The van der Waals surface area contributed by atoms with Crippen LogP contribution in [-0.2, 0) is 13.6 Å². The normalized spacial score (nSPS) is 12.2. The number of aliphatic hydroxyl groups is 1. The predicted molar refractivity (Wildman–Crippen MR) is 100.0 cm³/mol. The average molecular weight is 442 g/mol. The topological polar surface area (TPSA) is 91.4 Å². The average Bonchev–Trinajstić information content (AvgIpc) is 2.71. The lowest BCUT2D eigenvalue weighted by molar-refractivity contribution is -0.658. The maximum Gasteiger partial charge on any atom is 0.350 e.